The largest absolute Gasteiger partial charge is 0.478 e. The number of aryl methyl sites for hydroxylation is 1. The van der Waals surface area contributed by atoms with Crippen LogP contribution in [0.2, 0.25) is 0 Å². The van der Waals surface area contributed by atoms with Crippen LogP contribution in [-0.2, 0) is 6.42 Å². The molecule has 0 amide bonds. The van der Waals surface area contributed by atoms with Crippen LogP contribution in [0.25, 0.3) is 0 Å². The van der Waals surface area contributed by atoms with Crippen LogP contribution < -0.4 is 0 Å². The summed E-state index contributed by atoms with van der Waals surface area (Å²) < 4.78 is 0. The van der Waals surface area contributed by atoms with Crippen molar-refractivity contribution in [2.75, 3.05) is 0 Å². The lowest BCUT2D eigenvalue weighted by Gasteiger charge is -2.04. The number of hydrogen-bond donors (Lipinski definition) is 1. The lowest BCUT2D eigenvalue weighted by Crippen LogP contribution is -1.96. The van der Waals surface area contributed by atoms with Gasteiger partial charge in [-0.05, 0) is 36.5 Å². The van der Waals surface area contributed by atoms with Crippen molar-refractivity contribution in [2.45, 2.75) is 46.0 Å². The Balaban J connectivity index is 2.25. The fraction of sp³-hybridized carbons (Fsp3) is 0.533. The number of carbonyl (C=O) groups is 1. The fourth-order valence-corrected chi connectivity index (χ4v) is 1.87. The van der Waals surface area contributed by atoms with Gasteiger partial charge in [-0.15, -0.1) is 0 Å². The number of benzene rings is 1. The summed E-state index contributed by atoms with van der Waals surface area (Å²) in [6.07, 6.45) is 6.11. The van der Waals surface area contributed by atoms with E-state index < -0.39 is 5.97 Å². The Morgan fingerprint density at radius 1 is 1.12 bits per heavy atom. The minimum absolute atomic E-state index is 0.369. The van der Waals surface area contributed by atoms with E-state index in [2.05, 4.69) is 13.8 Å². The third-order valence-corrected chi connectivity index (χ3v) is 2.95. The molecule has 1 aromatic carbocycles. The van der Waals surface area contributed by atoms with Crippen LogP contribution in [0.5, 0.6) is 0 Å². The molecule has 0 aliphatic heterocycles. The fourth-order valence-electron chi connectivity index (χ4n) is 1.87. The van der Waals surface area contributed by atoms with Crippen LogP contribution in [0.4, 0.5) is 0 Å². The van der Waals surface area contributed by atoms with Crippen molar-refractivity contribution in [3.8, 4) is 0 Å². The molecule has 1 N–H and O–H groups in total. The zero-order valence-corrected chi connectivity index (χ0v) is 10.8. The van der Waals surface area contributed by atoms with Crippen LogP contribution in [0.3, 0.4) is 0 Å². The van der Waals surface area contributed by atoms with Crippen molar-refractivity contribution >= 4 is 5.97 Å². The van der Waals surface area contributed by atoms with Gasteiger partial charge in [-0.1, -0.05) is 45.2 Å². The van der Waals surface area contributed by atoms with Gasteiger partial charge in [0.1, 0.15) is 0 Å². The van der Waals surface area contributed by atoms with Gasteiger partial charge < -0.3 is 5.11 Å². The number of carboxylic acids is 1. The first-order valence-corrected chi connectivity index (χ1v) is 6.42. The van der Waals surface area contributed by atoms with Gasteiger partial charge in [0, 0.05) is 0 Å². The number of rotatable bonds is 7. The molecule has 0 aliphatic rings. The predicted octanol–water partition coefficient (Wildman–Crippen LogP) is 4.14. The van der Waals surface area contributed by atoms with Gasteiger partial charge in [-0.3, -0.25) is 0 Å². The summed E-state index contributed by atoms with van der Waals surface area (Å²) in [5.74, 6) is -0.0571. The topological polar surface area (TPSA) is 37.3 Å². The molecule has 0 bridgehead atoms. The normalized spacial score (nSPS) is 10.8. The smallest absolute Gasteiger partial charge is 0.335 e. The van der Waals surface area contributed by atoms with E-state index in [0.717, 1.165) is 12.3 Å². The summed E-state index contributed by atoms with van der Waals surface area (Å²) in [5.41, 5.74) is 1.60. The summed E-state index contributed by atoms with van der Waals surface area (Å²) in [7, 11) is 0. The first kappa shape index (κ1) is 13.8. The number of hydrogen-bond acceptors (Lipinski definition) is 1. The monoisotopic (exact) mass is 234 g/mol. The van der Waals surface area contributed by atoms with E-state index in [4.69, 9.17) is 5.11 Å². The molecule has 0 saturated heterocycles. The van der Waals surface area contributed by atoms with Crippen LogP contribution in [0.15, 0.2) is 24.3 Å². The highest BCUT2D eigenvalue weighted by Crippen LogP contribution is 2.12. The Morgan fingerprint density at radius 2 is 1.76 bits per heavy atom. The minimum atomic E-state index is -0.853. The number of carboxylic acid groups (broad SMARTS) is 1. The molecule has 0 fully saturated rings. The van der Waals surface area contributed by atoms with Gasteiger partial charge in [-0.25, -0.2) is 4.79 Å². The van der Waals surface area contributed by atoms with E-state index in [1.165, 1.54) is 31.2 Å². The third-order valence-electron chi connectivity index (χ3n) is 2.95. The van der Waals surface area contributed by atoms with Crippen molar-refractivity contribution < 1.29 is 9.90 Å². The maximum absolute atomic E-state index is 10.7. The van der Waals surface area contributed by atoms with Gasteiger partial charge in [0.2, 0.25) is 0 Å². The second kappa shape index (κ2) is 7.10. The lowest BCUT2D eigenvalue weighted by molar-refractivity contribution is 0.0697. The number of aromatic carboxylic acids is 1. The average molecular weight is 234 g/mol. The SMILES string of the molecule is CC(C)CCCCCc1ccc(C(=O)O)cc1. The highest BCUT2D eigenvalue weighted by Gasteiger charge is 2.01. The molecule has 0 unspecified atom stereocenters. The second-order valence-electron chi connectivity index (χ2n) is 5.00. The number of unbranched alkanes of at least 4 members (excludes halogenated alkanes) is 2. The Labute approximate surface area is 104 Å². The highest BCUT2D eigenvalue weighted by atomic mass is 16.4. The molecule has 1 rings (SSSR count). The zero-order chi connectivity index (χ0) is 12.7. The standard InChI is InChI=1S/C15H22O2/c1-12(2)6-4-3-5-7-13-8-10-14(11-9-13)15(16)17/h8-12H,3-7H2,1-2H3,(H,16,17). The van der Waals surface area contributed by atoms with Gasteiger partial charge in [0.25, 0.3) is 0 Å². The molecule has 0 heterocycles. The Hall–Kier alpha value is -1.31. The van der Waals surface area contributed by atoms with E-state index >= 15 is 0 Å². The van der Waals surface area contributed by atoms with Crippen molar-refractivity contribution in [1.29, 1.82) is 0 Å². The quantitative estimate of drug-likeness (QED) is 0.720. The van der Waals surface area contributed by atoms with E-state index in [-0.39, 0.29) is 0 Å². The van der Waals surface area contributed by atoms with Gasteiger partial charge in [0.05, 0.1) is 5.56 Å². The van der Waals surface area contributed by atoms with Crippen molar-refractivity contribution in [2.24, 2.45) is 5.92 Å². The second-order valence-corrected chi connectivity index (χ2v) is 5.00. The average Bonchev–Trinajstić information content (AvgIpc) is 2.29. The molecule has 17 heavy (non-hydrogen) atoms. The first-order valence-electron chi connectivity index (χ1n) is 6.42. The van der Waals surface area contributed by atoms with E-state index in [1.807, 2.05) is 12.1 Å². The third kappa shape index (κ3) is 5.53. The maximum atomic E-state index is 10.7. The Bertz CT molecular complexity index is 338. The molecule has 1 aromatic rings. The maximum Gasteiger partial charge on any atom is 0.335 e. The van der Waals surface area contributed by atoms with E-state index in [1.54, 1.807) is 12.1 Å². The molecule has 0 spiro atoms. The molecule has 0 atom stereocenters. The summed E-state index contributed by atoms with van der Waals surface area (Å²) in [6, 6.07) is 7.22. The molecular weight excluding hydrogens is 212 g/mol. The molecule has 0 radical (unpaired) electrons. The van der Waals surface area contributed by atoms with Crippen molar-refractivity contribution in [1.82, 2.24) is 0 Å². The Kier molecular flexibility index (Phi) is 5.75. The molecule has 0 saturated carbocycles. The van der Waals surface area contributed by atoms with E-state index in [9.17, 15) is 4.79 Å². The molecule has 0 aromatic heterocycles. The van der Waals surface area contributed by atoms with Crippen LogP contribution in [0, 0.1) is 5.92 Å². The van der Waals surface area contributed by atoms with Crippen LogP contribution in [0.1, 0.15) is 55.5 Å². The summed E-state index contributed by atoms with van der Waals surface area (Å²) in [5, 5.41) is 8.77. The molecular formula is C15H22O2. The lowest BCUT2D eigenvalue weighted by atomic mass is 10.0. The molecule has 2 nitrogen and oxygen atoms in total. The summed E-state index contributed by atoms with van der Waals surface area (Å²) >= 11 is 0. The van der Waals surface area contributed by atoms with Gasteiger partial charge in [0.15, 0.2) is 0 Å². The molecule has 2 heteroatoms. The van der Waals surface area contributed by atoms with Crippen molar-refractivity contribution in [3.63, 3.8) is 0 Å². The van der Waals surface area contributed by atoms with Gasteiger partial charge in [-0.2, -0.15) is 0 Å². The van der Waals surface area contributed by atoms with E-state index in [0.29, 0.717) is 5.56 Å². The Morgan fingerprint density at radius 3 is 2.29 bits per heavy atom. The predicted molar refractivity (Wildman–Crippen MR) is 70.4 cm³/mol. The van der Waals surface area contributed by atoms with Crippen molar-refractivity contribution in [3.05, 3.63) is 35.4 Å². The summed E-state index contributed by atoms with van der Waals surface area (Å²) in [4.78, 5) is 10.7. The molecule has 94 valence electrons. The zero-order valence-electron chi connectivity index (χ0n) is 10.8. The van der Waals surface area contributed by atoms with Gasteiger partial charge >= 0.3 is 5.97 Å². The molecule has 0 aliphatic carbocycles. The van der Waals surface area contributed by atoms with Crippen LogP contribution >= 0.6 is 0 Å². The highest BCUT2D eigenvalue weighted by molar-refractivity contribution is 5.87. The minimum Gasteiger partial charge on any atom is -0.478 e. The summed E-state index contributed by atoms with van der Waals surface area (Å²) in [6.45, 7) is 4.51. The van der Waals surface area contributed by atoms with Crippen LogP contribution in [-0.4, -0.2) is 11.1 Å². The first-order chi connectivity index (χ1) is 8.09.